The molecule has 2 atom stereocenters. The van der Waals surface area contributed by atoms with E-state index in [1.165, 1.54) is 6.07 Å². The Morgan fingerprint density at radius 3 is 2.43 bits per heavy atom. The summed E-state index contributed by atoms with van der Waals surface area (Å²) in [4.78, 5) is 2.30. The number of benzene rings is 1. The van der Waals surface area contributed by atoms with Crippen molar-refractivity contribution in [3.8, 4) is 0 Å². The summed E-state index contributed by atoms with van der Waals surface area (Å²) in [6.45, 7) is 11.8. The smallest absolute Gasteiger partial charge is 0.163 e. The first-order chi connectivity index (χ1) is 10.0. The van der Waals surface area contributed by atoms with E-state index in [0.29, 0.717) is 18.0 Å². The van der Waals surface area contributed by atoms with Crippen molar-refractivity contribution in [3.05, 3.63) is 35.4 Å². The van der Waals surface area contributed by atoms with Crippen LogP contribution in [0.4, 0.5) is 8.78 Å². The van der Waals surface area contributed by atoms with Crippen molar-refractivity contribution in [2.75, 3.05) is 26.2 Å². The molecule has 0 heterocycles. The van der Waals surface area contributed by atoms with E-state index in [2.05, 4.69) is 31.0 Å². The Bertz CT molecular complexity index is 423. The van der Waals surface area contributed by atoms with Gasteiger partial charge in [0.1, 0.15) is 0 Å². The van der Waals surface area contributed by atoms with E-state index in [1.54, 1.807) is 12.1 Å². The second-order valence-electron chi connectivity index (χ2n) is 5.62. The molecule has 0 aromatic heterocycles. The van der Waals surface area contributed by atoms with E-state index in [9.17, 15) is 8.78 Å². The molecular formula is C17H28F2N2. The Morgan fingerprint density at radius 1 is 1.14 bits per heavy atom. The van der Waals surface area contributed by atoms with Crippen LogP contribution < -0.4 is 5.32 Å². The van der Waals surface area contributed by atoms with E-state index in [-0.39, 0.29) is 6.04 Å². The summed E-state index contributed by atoms with van der Waals surface area (Å²) in [6.07, 6.45) is 1.12. The molecule has 0 aliphatic rings. The molecule has 0 aliphatic carbocycles. The highest BCUT2D eigenvalue weighted by Gasteiger charge is 2.20. The van der Waals surface area contributed by atoms with E-state index in [0.717, 1.165) is 26.1 Å². The van der Waals surface area contributed by atoms with Crippen molar-refractivity contribution < 1.29 is 8.78 Å². The number of hydrogen-bond donors (Lipinski definition) is 1. The Hall–Kier alpha value is -1.00. The predicted octanol–water partition coefficient (Wildman–Crippen LogP) is 3.98. The zero-order chi connectivity index (χ0) is 15.8. The molecule has 2 unspecified atom stereocenters. The van der Waals surface area contributed by atoms with Crippen molar-refractivity contribution in [2.45, 2.75) is 40.2 Å². The molecule has 120 valence electrons. The Balaban J connectivity index is 2.87. The fourth-order valence-corrected chi connectivity index (χ4v) is 2.47. The van der Waals surface area contributed by atoms with Crippen molar-refractivity contribution in [2.24, 2.45) is 5.92 Å². The predicted molar refractivity (Wildman–Crippen MR) is 84.3 cm³/mol. The number of likely N-dealkylation sites (N-methyl/N-ethyl adjacent to an activating group) is 2. The normalized spacial score (nSPS) is 14.4. The van der Waals surface area contributed by atoms with Gasteiger partial charge in [-0.05, 0) is 25.1 Å². The lowest BCUT2D eigenvalue weighted by atomic mass is 10.0. The van der Waals surface area contributed by atoms with Gasteiger partial charge in [-0.2, -0.15) is 0 Å². The van der Waals surface area contributed by atoms with Crippen LogP contribution in [-0.4, -0.2) is 31.1 Å². The maximum Gasteiger partial charge on any atom is 0.163 e. The van der Waals surface area contributed by atoms with Crippen molar-refractivity contribution in [1.29, 1.82) is 0 Å². The summed E-state index contributed by atoms with van der Waals surface area (Å²) in [5.41, 5.74) is 0.416. The fraction of sp³-hybridized carbons (Fsp3) is 0.647. The number of nitrogens with one attached hydrogen (secondary N) is 1. The third kappa shape index (κ3) is 5.36. The lowest BCUT2D eigenvalue weighted by Gasteiger charge is -2.29. The monoisotopic (exact) mass is 298 g/mol. The first kappa shape index (κ1) is 18.1. The van der Waals surface area contributed by atoms with Crippen LogP contribution in [0.25, 0.3) is 0 Å². The lowest BCUT2D eigenvalue weighted by Crippen LogP contribution is -2.37. The molecule has 0 radical (unpaired) electrons. The van der Waals surface area contributed by atoms with Crippen LogP contribution in [0.3, 0.4) is 0 Å². The van der Waals surface area contributed by atoms with Gasteiger partial charge in [-0.3, -0.25) is 0 Å². The van der Waals surface area contributed by atoms with Gasteiger partial charge in [0.25, 0.3) is 0 Å². The van der Waals surface area contributed by atoms with Gasteiger partial charge in [-0.25, -0.2) is 8.78 Å². The quantitative estimate of drug-likeness (QED) is 0.742. The number of rotatable bonds is 9. The molecule has 0 amide bonds. The molecule has 1 aromatic carbocycles. The third-order valence-electron chi connectivity index (χ3n) is 3.96. The molecular weight excluding hydrogens is 270 g/mol. The summed E-state index contributed by atoms with van der Waals surface area (Å²) in [5.74, 6) is -0.909. The summed E-state index contributed by atoms with van der Waals surface area (Å²) in [7, 11) is 0. The molecule has 0 saturated carbocycles. The standard InChI is InChI=1S/C17H28F2N2/c1-5-13(4)11-21(7-3)12-16(20-6-2)14-9-8-10-15(18)17(14)19/h8-10,13,16,20H,5-7,11-12H2,1-4H3. The zero-order valence-electron chi connectivity index (χ0n) is 13.6. The van der Waals surface area contributed by atoms with Crippen LogP contribution in [0, 0.1) is 17.6 Å². The summed E-state index contributed by atoms with van der Waals surface area (Å²) >= 11 is 0. The molecule has 1 rings (SSSR count). The van der Waals surface area contributed by atoms with Gasteiger partial charge in [0.15, 0.2) is 11.6 Å². The van der Waals surface area contributed by atoms with Crippen LogP contribution in [0.2, 0.25) is 0 Å². The largest absolute Gasteiger partial charge is 0.309 e. The zero-order valence-corrected chi connectivity index (χ0v) is 13.6. The van der Waals surface area contributed by atoms with Gasteiger partial charge in [-0.15, -0.1) is 0 Å². The Labute approximate surface area is 127 Å². The van der Waals surface area contributed by atoms with Crippen LogP contribution in [0.1, 0.15) is 45.7 Å². The molecule has 0 bridgehead atoms. The minimum Gasteiger partial charge on any atom is -0.309 e. The van der Waals surface area contributed by atoms with E-state index >= 15 is 0 Å². The van der Waals surface area contributed by atoms with E-state index in [1.807, 2.05) is 6.92 Å². The molecule has 4 heteroatoms. The molecule has 21 heavy (non-hydrogen) atoms. The van der Waals surface area contributed by atoms with Crippen molar-refractivity contribution in [1.82, 2.24) is 10.2 Å². The number of nitrogens with zero attached hydrogens (tertiary/aromatic N) is 1. The first-order valence-corrected chi connectivity index (χ1v) is 7.92. The highest BCUT2D eigenvalue weighted by atomic mass is 19.2. The SMILES string of the molecule is CCNC(CN(CC)CC(C)CC)c1cccc(F)c1F. The maximum absolute atomic E-state index is 14.0. The highest BCUT2D eigenvalue weighted by Crippen LogP contribution is 2.21. The summed E-state index contributed by atoms with van der Waals surface area (Å²) in [5, 5.41) is 3.27. The topological polar surface area (TPSA) is 15.3 Å². The molecule has 1 aromatic rings. The number of hydrogen-bond acceptors (Lipinski definition) is 2. The van der Waals surface area contributed by atoms with Crippen molar-refractivity contribution in [3.63, 3.8) is 0 Å². The van der Waals surface area contributed by atoms with Crippen molar-refractivity contribution >= 4 is 0 Å². The molecule has 2 nitrogen and oxygen atoms in total. The summed E-state index contributed by atoms with van der Waals surface area (Å²) < 4.78 is 27.5. The second-order valence-corrected chi connectivity index (χ2v) is 5.62. The van der Waals surface area contributed by atoms with Gasteiger partial charge in [0.05, 0.1) is 0 Å². The summed E-state index contributed by atoms with van der Waals surface area (Å²) in [6, 6.07) is 4.22. The lowest BCUT2D eigenvalue weighted by molar-refractivity contribution is 0.219. The van der Waals surface area contributed by atoms with Crippen LogP contribution in [0.15, 0.2) is 18.2 Å². The molecule has 0 fully saturated rings. The average molecular weight is 298 g/mol. The van der Waals surface area contributed by atoms with Gasteiger partial charge in [-0.1, -0.05) is 46.2 Å². The van der Waals surface area contributed by atoms with Crippen LogP contribution in [-0.2, 0) is 0 Å². The first-order valence-electron chi connectivity index (χ1n) is 7.92. The van der Waals surface area contributed by atoms with Gasteiger partial charge < -0.3 is 10.2 Å². The van der Waals surface area contributed by atoms with Gasteiger partial charge >= 0.3 is 0 Å². The highest BCUT2D eigenvalue weighted by molar-refractivity contribution is 5.23. The number of halogens is 2. The average Bonchev–Trinajstić information content (AvgIpc) is 2.48. The molecule has 0 saturated heterocycles. The van der Waals surface area contributed by atoms with E-state index < -0.39 is 11.6 Å². The third-order valence-corrected chi connectivity index (χ3v) is 3.96. The Kier molecular flexibility index (Phi) is 7.83. The maximum atomic E-state index is 14.0. The van der Waals surface area contributed by atoms with Gasteiger partial charge in [0, 0.05) is 24.7 Å². The molecule has 0 spiro atoms. The second kappa shape index (κ2) is 9.11. The van der Waals surface area contributed by atoms with Crippen LogP contribution in [0.5, 0.6) is 0 Å². The molecule has 1 N–H and O–H groups in total. The van der Waals surface area contributed by atoms with E-state index in [4.69, 9.17) is 0 Å². The minimum absolute atomic E-state index is 0.185. The minimum atomic E-state index is -0.777. The Morgan fingerprint density at radius 2 is 1.86 bits per heavy atom. The fourth-order valence-electron chi connectivity index (χ4n) is 2.47. The molecule has 0 aliphatic heterocycles. The van der Waals surface area contributed by atoms with Gasteiger partial charge in [0.2, 0.25) is 0 Å². The van der Waals surface area contributed by atoms with Crippen LogP contribution >= 0.6 is 0 Å².